The van der Waals surface area contributed by atoms with Gasteiger partial charge in [-0.2, -0.15) is 5.26 Å². The molecule has 2 atom stereocenters. The van der Waals surface area contributed by atoms with E-state index in [-0.39, 0.29) is 12.1 Å². The van der Waals surface area contributed by atoms with Gasteiger partial charge in [0.1, 0.15) is 0 Å². The third-order valence-corrected chi connectivity index (χ3v) is 3.13. The van der Waals surface area contributed by atoms with E-state index in [0.29, 0.717) is 5.56 Å². The maximum absolute atomic E-state index is 9.64. The van der Waals surface area contributed by atoms with Crippen LogP contribution in [0.2, 0.25) is 0 Å². The van der Waals surface area contributed by atoms with Gasteiger partial charge in [-0.25, -0.2) is 0 Å². The molecule has 3 heteroatoms. The van der Waals surface area contributed by atoms with Crippen LogP contribution in [0.25, 0.3) is 0 Å². The van der Waals surface area contributed by atoms with Gasteiger partial charge >= 0.3 is 0 Å². The summed E-state index contributed by atoms with van der Waals surface area (Å²) in [7, 11) is 0. The lowest BCUT2D eigenvalue weighted by molar-refractivity contribution is 0.148. The molecule has 0 aliphatic heterocycles. The Morgan fingerprint density at radius 3 is 2.62 bits per heavy atom. The molecule has 0 bridgehead atoms. The fourth-order valence-electron chi connectivity index (χ4n) is 2.12. The molecule has 16 heavy (non-hydrogen) atoms. The topological polar surface area (TPSA) is 56.0 Å². The maximum atomic E-state index is 9.64. The van der Waals surface area contributed by atoms with Crippen molar-refractivity contribution < 1.29 is 5.11 Å². The first-order valence-corrected chi connectivity index (χ1v) is 5.70. The van der Waals surface area contributed by atoms with Crippen LogP contribution in [-0.4, -0.2) is 17.3 Å². The van der Waals surface area contributed by atoms with Gasteiger partial charge in [-0.05, 0) is 37.0 Å². The van der Waals surface area contributed by atoms with Gasteiger partial charge in [0.25, 0.3) is 0 Å². The van der Waals surface area contributed by atoms with Crippen LogP contribution in [0.5, 0.6) is 0 Å². The van der Waals surface area contributed by atoms with E-state index < -0.39 is 0 Å². The normalized spacial score (nSPS) is 24.2. The van der Waals surface area contributed by atoms with Crippen molar-refractivity contribution in [3.63, 3.8) is 0 Å². The van der Waals surface area contributed by atoms with E-state index in [1.165, 1.54) is 0 Å². The summed E-state index contributed by atoms with van der Waals surface area (Å²) in [6, 6.07) is 9.88. The van der Waals surface area contributed by atoms with Crippen LogP contribution in [0.1, 0.15) is 30.4 Å². The lowest BCUT2D eigenvalue weighted by Gasteiger charge is -2.16. The maximum Gasteiger partial charge on any atom is 0.0991 e. The molecule has 0 heterocycles. The number of nitriles is 1. The first kappa shape index (κ1) is 11.1. The number of aliphatic hydroxyl groups excluding tert-OH is 1. The summed E-state index contributed by atoms with van der Waals surface area (Å²) in [5.74, 6) is 0. The lowest BCUT2D eigenvalue weighted by Crippen LogP contribution is -2.34. The highest BCUT2D eigenvalue weighted by molar-refractivity contribution is 5.31. The van der Waals surface area contributed by atoms with Crippen LogP contribution in [0.3, 0.4) is 0 Å². The number of hydrogen-bond donors (Lipinski definition) is 2. The zero-order chi connectivity index (χ0) is 11.4. The molecule has 0 aromatic heterocycles. The number of rotatable bonds is 3. The Balaban J connectivity index is 1.87. The molecule has 1 saturated carbocycles. The first-order valence-electron chi connectivity index (χ1n) is 5.70. The van der Waals surface area contributed by atoms with Gasteiger partial charge in [-0.3, -0.25) is 0 Å². The second-order valence-corrected chi connectivity index (χ2v) is 4.29. The second-order valence-electron chi connectivity index (χ2n) is 4.29. The highest BCUT2D eigenvalue weighted by Gasteiger charge is 2.24. The minimum Gasteiger partial charge on any atom is -0.392 e. The number of nitrogens with one attached hydrogen (secondary N) is 1. The van der Waals surface area contributed by atoms with Crippen LogP contribution in [0.4, 0.5) is 0 Å². The Morgan fingerprint density at radius 2 is 2.06 bits per heavy atom. The minimum absolute atomic E-state index is 0.196. The van der Waals surface area contributed by atoms with Crippen LogP contribution >= 0.6 is 0 Å². The van der Waals surface area contributed by atoms with E-state index in [1.54, 1.807) is 0 Å². The molecule has 2 N–H and O–H groups in total. The van der Waals surface area contributed by atoms with Crippen molar-refractivity contribution in [2.24, 2.45) is 0 Å². The van der Waals surface area contributed by atoms with Crippen molar-refractivity contribution in [2.75, 3.05) is 0 Å². The molecule has 1 aromatic rings. The fraction of sp³-hybridized carbons (Fsp3) is 0.462. The van der Waals surface area contributed by atoms with Gasteiger partial charge in [0, 0.05) is 12.6 Å². The van der Waals surface area contributed by atoms with Gasteiger partial charge in [-0.1, -0.05) is 12.1 Å². The molecule has 1 aliphatic rings. The molecule has 2 rings (SSSR count). The molecule has 0 amide bonds. The molecule has 0 saturated heterocycles. The van der Waals surface area contributed by atoms with Gasteiger partial charge in [-0.15, -0.1) is 0 Å². The Bertz CT molecular complexity index is 380. The van der Waals surface area contributed by atoms with Crippen molar-refractivity contribution in [1.29, 1.82) is 5.26 Å². The summed E-state index contributed by atoms with van der Waals surface area (Å²) in [6.45, 7) is 0.757. The smallest absolute Gasteiger partial charge is 0.0991 e. The summed E-state index contributed by atoms with van der Waals surface area (Å²) in [4.78, 5) is 0. The molecule has 3 nitrogen and oxygen atoms in total. The average molecular weight is 216 g/mol. The van der Waals surface area contributed by atoms with Crippen molar-refractivity contribution >= 4 is 0 Å². The van der Waals surface area contributed by atoms with Gasteiger partial charge in [0.15, 0.2) is 0 Å². The average Bonchev–Trinajstić information content (AvgIpc) is 2.73. The largest absolute Gasteiger partial charge is 0.392 e. The minimum atomic E-state index is -0.196. The van der Waals surface area contributed by atoms with Gasteiger partial charge in [0.2, 0.25) is 0 Å². The van der Waals surface area contributed by atoms with Gasteiger partial charge < -0.3 is 10.4 Å². The van der Waals surface area contributed by atoms with E-state index in [1.807, 2.05) is 24.3 Å². The molecule has 0 unspecified atom stereocenters. The van der Waals surface area contributed by atoms with Gasteiger partial charge in [0.05, 0.1) is 17.7 Å². The zero-order valence-electron chi connectivity index (χ0n) is 9.19. The predicted molar refractivity (Wildman–Crippen MR) is 61.6 cm³/mol. The Kier molecular flexibility index (Phi) is 3.55. The molecular weight excluding hydrogens is 200 g/mol. The molecule has 1 aliphatic carbocycles. The van der Waals surface area contributed by atoms with Crippen molar-refractivity contribution in [2.45, 2.75) is 38.0 Å². The summed E-state index contributed by atoms with van der Waals surface area (Å²) in [6.07, 6.45) is 2.87. The third kappa shape index (κ3) is 2.60. The van der Waals surface area contributed by atoms with Crippen LogP contribution in [-0.2, 0) is 6.54 Å². The lowest BCUT2D eigenvalue weighted by atomic mass is 10.1. The SMILES string of the molecule is N#Cc1ccc(CN[C@@H]2CCC[C@H]2O)cc1. The van der Waals surface area contributed by atoms with Crippen molar-refractivity contribution in [3.8, 4) is 6.07 Å². The third-order valence-electron chi connectivity index (χ3n) is 3.13. The number of nitrogens with zero attached hydrogens (tertiary/aromatic N) is 1. The Hall–Kier alpha value is -1.37. The van der Waals surface area contributed by atoms with E-state index in [4.69, 9.17) is 5.26 Å². The summed E-state index contributed by atoms with van der Waals surface area (Å²) >= 11 is 0. The zero-order valence-corrected chi connectivity index (χ0v) is 9.19. The second kappa shape index (κ2) is 5.11. The van der Waals surface area contributed by atoms with Crippen molar-refractivity contribution in [3.05, 3.63) is 35.4 Å². The highest BCUT2D eigenvalue weighted by atomic mass is 16.3. The number of benzene rings is 1. The molecule has 1 fully saturated rings. The highest BCUT2D eigenvalue weighted by Crippen LogP contribution is 2.19. The van der Waals surface area contributed by atoms with Crippen LogP contribution in [0.15, 0.2) is 24.3 Å². The van der Waals surface area contributed by atoms with E-state index in [9.17, 15) is 5.11 Å². The number of aliphatic hydroxyl groups is 1. The van der Waals surface area contributed by atoms with Crippen LogP contribution < -0.4 is 5.32 Å². The summed E-state index contributed by atoms with van der Waals surface area (Å²) in [5, 5.41) is 21.7. The monoisotopic (exact) mass is 216 g/mol. The standard InChI is InChI=1S/C13H16N2O/c14-8-10-4-6-11(7-5-10)9-15-12-2-1-3-13(12)16/h4-7,12-13,15-16H,1-3,9H2/t12-,13-/m1/s1. The molecule has 0 radical (unpaired) electrons. The Labute approximate surface area is 95.7 Å². The summed E-state index contributed by atoms with van der Waals surface area (Å²) in [5.41, 5.74) is 1.84. The molecule has 84 valence electrons. The first-order chi connectivity index (χ1) is 7.79. The molecule has 1 aromatic carbocycles. The fourth-order valence-corrected chi connectivity index (χ4v) is 2.12. The van der Waals surface area contributed by atoms with Crippen molar-refractivity contribution in [1.82, 2.24) is 5.32 Å². The van der Waals surface area contributed by atoms with Crippen LogP contribution in [0, 0.1) is 11.3 Å². The summed E-state index contributed by atoms with van der Waals surface area (Å²) < 4.78 is 0. The van der Waals surface area contributed by atoms with E-state index in [2.05, 4.69) is 11.4 Å². The Morgan fingerprint density at radius 1 is 1.31 bits per heavy atom. The molecular formula is C13H16N2O. The van der Waals surface area contributed by atoms with E-state index in [0.717, 1.165) is 31.4 Å². The number of hydrogen-bond acceptors (Lipinski definition) is 3. The van der Waals surface area contributed by atoms with E-state index >= 15 is 0 Å². The quantitative estimate of drug-likeness (QED) is 0.806. The predicted octanol–water partition coefficient (Wildman–Crippen LogP) is 1.56. The molecule has 0 spiro atoms.